The normalized spacial score (nSPS) is 18.8. The van der Waals surface area contributed by atoms with Crippen molar-refractivity contribution < 1.29 is 0 Å². The Balaban J connectivity index is 0.000000222. The van der Waals surface area contributed by atoms with Gasteiger partial charge in [0.25, 0.3) is 0 Å². The molecule has 50 valence electrons. The minimum atomic E-state index is 1.25. The van der Waals surface area contributed by atoms with E-state index in [1.54, 1.807) is 0 Å². The summed E-state index contributed by atoms with van der Waals surface area (Å²) in [6.45, 7) is 4.42. The highest BCUT2D eigenvalue weighted by Gasteiger charge is 1.93. The van der Waals surface area contributed by atoms with Crippen LogP contribution in [0.25, 0.3) is 0 Å². The molecule has 1 fully saturated rings. The largest absolute Gasteiger partial charge is 0.317 e. The SMILES string of the molecule is C1CCNCC1.CP. The van der Waals surface area contributed by atoms with Gasteiger partial charge in [0.2, 0.25) is 0 Å². The maximum atomic E-state index is 3.28. The van der Waals surface area contributed by atoms with Gasteiger partial charge in [-0.3, -0.25) is 0 Å². The fourth-order valence-corrected chi connectivity index (χ4v) is 0.802. The first-order chi connectivity index (χ1) is 4.00. The van der Waals surface area contributed by atoms with Crippen LogP contribution in [0.2, 0.25) is 0 Å². The molecule has 0 amide bonds. The Morgan fingerprint density at radius 1 is 1.00 bits per heavy atom. The van der Waals surface area contributed by atoms with Crippen LogP contribution >= 0.6 is 9.24 Å². The molecule has 1 heterocycles. The van der Waals surface area contributed by atoms with Gasteiger partial charge in [0.15, 0.2) is 0 Å². The Labute approximate surface area is 54.4 Å². The van der Waals surface area contributed by atoms with E-state index in [2.05, 4.69) is 14.6 Å². The number of rotatable bonds is 0. The van der Waals surface area contributed by atoms with Gasteiger partial charge >= 0.3 is 0 Å². The molecule has 8 heavy (non-hydrogen) atoms. The maximum absolute atomic E-state index is 3.28. The van der Waals surface area contributed by atoms with Crippen molar-refractivity contribution in [1.29, 1.82) is 0 Å². The van der Waals surface area contributed by atoms with Crippen LogP contribution in [0.15, 0.2) is 0 Å². The molecule has 0 aromatic carbocycles. The molecule has 0 spiro atoms. The summed E-state index contributed by atoms with van der Waals surface area (Å²) in [5, 5.41) is 3.28. The van der Waals surface area contributed by atoms with Gasteiger partial charge in [0.1, 0.15) is 0 Å². The van der Waals surface area contributed by atoms with Crippen molar-refractivity contribution >= 4 is 9.24 Å². The summed E-state index contributed by atoms with van der Waals surface area (Å²) in [5.41, 5.74) is 0. The molecule has 0 saturated carbocycles. The van der Waals surface area contributed by atoms with Crippen molar-refractivity contribution in [3.63, 3.8) is 0 Å². The molecule has 1 atom stereocenters. The first kappa shape index (κ1) is 8.39. The van der Waals surface area contributed by atoms with Gasteiger partial charge in [-0.05, 0) is 25.9 Å². The number of hydrogen-bond donors (Lipinski definition) is 1. The number of hydrogen-bond acceptors (Lipinski definition) is 1. The van der Waals surface area contributed by atoms with Crippen LogP contribution in [0.3, 0.4) is 0 Å². The minimum absolute atomic E-state index is 1.25. The van der Waals surface area contributed by atoms with Crippen molar-refractivity contribution in [1.82, 2.24) is 5.32 Å². The number of piperidine rings is 1. The molecule has 1 N–H and O–H groups in total. The first-order valence-corrected chi connectivity index (χ1v) is 4.44. The topological polar surface area (TPSA) is 12.0 Å². The van der Waals surface area contributed by atoms with Crippen molar-refractivity contribution in [3.8, 4) is 0 Å². The zero-order valence-corrected chi connectivity index (χ0v) is 6.77. The van der Waals surface area contributed by atoms with Crippen LogP contribution in [-0.2, 0) is 0 Å². The molecule has 2 heteroatoms. The maximum Gasteiger partial charge on any atom is -0.00489 e. The van der Waals surface area contributed by atoms with Crippen LogP contribution < -0.4 is 5.32 Å². The average Bonchev–Trinajstić information content (AvgIpc) is 1.96. The lowest BCUT2D eigenvalue weighted by Gasteiger charge is -2.08. The molecule has 1 rings (SSSR count). The lowest BCUT2D eigenvalue weighted by molar-refractivity contribution is 0.520. The molecule has 0 aromatic rings. The highest BCUT2D eigenvalue weighted by atomic mass is 31.0. The molecule has 0 aromatic heterocycles. The Morgan fingerprint density at radius 2 is 1.50 bits per heavy atom. The summed E-state index contributed by atoms with van der Waals surface area (Å²) in [4.78, 5) is 0. The van der Waals surface area contributed by atoms with Crippen molar-refractivity contribution in [2.45, 2.75) is 19.3 Å². The van der Waals surface area contributed by atoms with Gasteiger partial charge in [0, 0.05) is 0 Å². The smallest absolute Gasteiger partial charge is 0.00489 e. The average molecular weight is 133 g/mol. The summed E-state index contributed by atoms with van der Waals surface area (Å²) in [5.74, 6) is 0. The highest BCUT2D eigenvalue weighted by Crippen LogP contribution is 1.96. The zero-order chi connectivity index (χ0) is 6.24. The summed E-state index contributed by atoms with van der Waals surface area (Å²) in [7, 11) is 2.42. The third-order valence-electron chi connectivity index (χ3n) is 1.21. The lowest BCUT2D eigenvalue weighted by atomic mass is 10.2. The predicted molar refractivity (Wildman–Crippen MR) is 42.4 cm³/mol. The molecule has 1 saturated heterocycles. The van der Waals surface area contributed by atoms with Gasteiger partial charge in [-0.15, -0.1) is 9.24 Å². The Bertz CT molecular complexity index is 24.0. The molecular weight excluding hydrogens is 117 g/mol. The zero-order valence-electron chi connectivity index (χ0n) is 5.61. The van der Waals surface area contributed by atoms with Crippen LogP contribution in [-0.4, -0.2) is 19.8 Å². The summed E-state index contributed by atoms with van der Waals surface area (Å²) in [6.07, 6.45) is 4.22. The molecule has 1 aliphatic rings. The van der Waals surface area contributed by atoms with Gasteiger partial charge in [-0.2, -0.15) is 0 Å². The Hall–Kier alpha value is 0.390. The van der Waals surface area contributed by atoms with Crippen molar-refractivity contribution in [2.75, 3.05) is 19.8 Å². The van der Waals surface area contributed by atoms with Gasteiger partial charge in [-0.1, -0.05) is 13.1 Å². The second kappa shape index (κ2) is 7.39. The standard InChI is InChI=1S/C5H11N.CH5P/c1-2-4-6-5-3-1;1-2/h6H,1-5H2;2H2,1H3. The molecule has 1 nitrogen and oxygen atoms in total. The van der Waals surface area contributed by atoms with E-state index < -0.39 is 0 Å². The van der Waals surface area contributed by atoms with E-state index in [-0.39, 0.29) is 0 Å². The monoisotopic (exact) mass is 133 g/mol. The van der Waals surface area contributed by atoms with E-state index >= 15 is 0 Å². The highest BCUT2D eigenvalue weighted by molar-refractivity contribution is 7.15. The predicted octanol–water partition coefficient (Wildman–Crippen LogP) is 1.25. The lowest BCUT2D eigenvalue weighted by Crippen LogP contribution is -2.21. The van der Waals surface area contributed by atoms with Gasteiger partial charge in [-0.25, -0.2) is 0 Å². The van der Waals surface area contributed by atoms with Crippen LogP contribution in [0.5, 0.6) is 0 Å². The van der Waals surface area contributed by atoms with E-state index in [0.29, 0.717) is 0 Å². The Kier molecular flexibility index (Phi) is 7.75. The van der Waals surface area contributed by atoms with E-state index in [1.165, 1.54) is 32.4 Å². The quantitative estimate of drug-likeness (QED) is 0.490. The molecule has 0 aliphatic carbocycles. The van der Waals surface area contributed by atoms with Gasteiger partial charge in [0.05, 0.1) is 0 Å². The first-order valence-electron chi connectivity index (χ1n) is 3.28. The molecular formula is C6H16NP. The van der Waals surface area contributed by atoms with Crippen LogP contribution in [0.1, 0.15) is 19.3 Å². The molecule has 0 radical (unpaired) electrons. The second-order valence-corrected chi connectivity index (χ2v) is 1.81. The summed E-state index contributed by atoms with van der Waals surface area (Å²) >= 11 is 0. The van der Waals surface area contributed by atoms with Crippen molar-refractivity contribution in [3.05, 3.63) is 0 Å². The Morgan fingerprint density at radius 3 is 1.62 bits per heavy atom. The molecule has 1 unspecified atom stereocenters. The van der Waals surface area contributed by atoms with Crippen LogP contribution in [0, 0.1) is 0 Å². The fraction of sp³-hybridized carbons (Fsp3) is 1.00. The van der Waals surface area contributed by atoms with E-state index in [9.17, 15) is 0 Å². The fourth-order valence-electron chi connectivity index (χ4n) is 0.802. The summed E-state index contributed by atoms with van der Waals surface area (Å²) < 4.78 is 0. The third-order valence-corrected chi connectivity index (χ3v) is 1.21. The van der Waals surface area contributed by atoms with E-state index in [4.69, 9.17) is 0 Å². The summed E-state index contributed by atoms with van der Waals surface area (Å²) in [6, 6.07) is 0. The molecule has 0 bridgehead atoms. The minimum Gasteiger partial charge on any atom is -0.317 e. The molecule has 1 aliphatic heterocycles. The van der Waals surface area contributed by atoms with Crippen LogP contribution in [0.4, 0.5) is 0 Å². The third kappa shape index (κ3) is 4.55. The number of nitrogens with one attached hydrogen (secondary N) is 1. The van der Waals surface area contributed by atoms with E-state index in [0.717, 1.165) is 0 Å². The van der Waals surface area contributed by atoms with E-state index in [1.807, 2.05) is 6.66 Å². The second-order valence-electron chi connectivity index (χ2n) is 1.81. The van der Waals surface area contributed by atoms with Crippen molar-refractivity contribution in [2.24, 2.45) is 0 Å². The van der Waals surface area contributed by atoms with Gasteiger partial charge < -0.3 is 5.32 Å².